The SMILES string of the molecule is CCc1nc(C)cn2nc(C3=CC(=O)N4C=C(C5CCN(CCF)CC5)C=C/C4=C\C=C3)cc12. The second kappa shape index (κ2) is 9.50. The number of aromatic nitrogens is 3. The number of nitrogens with zero attached hydrogens (tertiary/aromatic N) is 5. The highest BCUT2D eigenvalue weighted by Gasteiger charge is 2.25. The number of hydrogen-bond acceptors (Lipinski definition) is 4. The minimum atomic E-state index is -0.298. The topological polar surface area (TPSA) is 53.7 Å². The standard InChI is InChI=1S/C27H30FN5O/c1-3-24-26-16-25(30-33(26)17-19(2)29-24)21-5-4-6-23-8-7-22(18-32(23)27(34)15-21)20-9-12-31(13-10-20)14-11-28/h4-8,15-18,20H,3,9-14H2,1-2H3/b5-4?,21-15?,23-6+. The summed E-state index contributed by atoms with van der Waals surface area (Å²) in [5.74, 6) is 0.289. The van der Waals surface area contributed by atoms with Gasteiger partial charge in [-0.3, -0.25) is 14.7 Å². The van der Waals surface area contributed by atoms with Crippen molar-refractivity contribution in [2.24, 2.45) is 5.92 Å². The van der Waals surface area contributed by atoms with Crippen LogP contribution in [0.3, 0.4) is 0 Å². The molecule has 0 radical (unpaired) electrons. The molecule has 0 saturated carbocycles. The van der Waals surface area contributed by atoms with Crippen molar-refractivity contribution in [1.29, 1.82) is 0 Å². The Balaban J connectivity index is 1.42. The number of halogens is 1. The number of allylic oxidation sites excluding steroid dienone is 7. The Bertz CT molecular complexity index is 1260. The van der Waals surface area contributed by atoms with Gasteiger partial charge in [-0.15, -0.1) is 0 Å². The summed E-state index contributed by atoms with van der Waals surface area (Å²) >= 11 is 0. The highest BCUT2D eigenvalue weighted by molar-refractivity contribution is 5.99. The van der Waals surface area contributed by atoms with Crippen LogP contribution in [0, 0.1) is 12.8 Å². The minimum Gasteiger partial charge on any atom is -0.301 e. The van der Waals surface area contributed by atoms with E-state index in [0.29, 0.717) is 12.5 Å². The molecule has 1 amide bonds. The van der Waals surface area contributed by atoms with Crippen molar-refractivity contribution in [1.82, 2.24) is 24.4 Å². The molecule has 2 aromatic rings. The third kappa shape index (κ3) is 4.40. The second-order valence-corrected chi connectivity index (χ2v) is 9.07. The lowest BCUT2D eigenvalue weighted by molar-refractivity contribution is -0.122. The van der Waals surface area contributed by atoms with Gasteiger partial charge in [0.2, 0.25) is 0 Å². The fraction of sp³-hybridized carbons (Fsp3) is 0.370. The van der Waals surface area contributed by atoms with Crippen LogP contribution in [0.25, 0.3) is 11.1 Å². The largest absolute Gasteiger partial charge is 0.301 e. The van der Waals surface area contributed by atoms with Gasteiger partial charge in [0.05, 0.1) is 28.8 Å². The van der Waals surface area contributed by atoms with Gasteiger partial charge in [0.15, 0.2) is 0 Å². The Morgan fingerprint density at radius 2 is 2.00 bits per heavy atom. The molecule has 6 nitrogen and oxygen atoms in total. The molecule has 1 fully saturated rings. The zero-order chi connectivity index (χ0) is 23.7. The molecule has 5 heterocycles. The fourth-order valence-corrected chi connectivity index (χ4v) is 4.95. The van der Waals surface area contributed by atoms with Crippen molar-refractivity contribution in [3.05, 3.63) is 83.3 Å². The molecule has 0 N–H and O–H groups in total. The number of carbonyl (C=O) groups is 1. The highest BCUT2D eigenvalue weighted by Crippen LogP contribution is 2.31. The van der Waals surface area contributed by atoms with E-state index < -0.39 is 0 Å². The molecule has 7 heteroatoms. The third-order valence-electron chi connectivity index (χ3n) is 6.80. The predicted octanol–water partition coefficient (Wildman–Crippen LogP) is 4.40. The van der Waals surface area contributed by atoms with E-state index in [-0.39, 0.29) is 12.6 Å². The van der Waals surface area contributed by atoms with Crippen LogP contribution in [0.5, 0.6) is 0 Å². The zero-order valence-electron chi connectivity index (χ0n) is 19.7. The van der Waals surface area contributed by atoms with Crippen LogP contribution in [0.4, 0.5) is 4.39 Å². The van der Waals surface area contributed by atoms with Crippen LogP contribution in [0.2, 0.25) is 0 Å². The van der Waals surface area contributed by atoms with Crippen LogP contribution >= 0.6 is 0 Å². The lowest BCUT2D eigenvalue weighted by Gasteiger charge is -2.34. The summed E-state index contributed by atoms with van der Waals surface area (Å²) in [6.07, 6.45) is 18.3. The van der Waals surface area contributed by atoms with Gasteiger partial charge in [-0.25, -0.2) is 8.91 Å². The normalized spacial score (nSPS) is 21.1. The van der Waals surface area contributed by atoms with Crippen LogP contribution in [0.1, 0.15) is 36.8 Å². The average Bonchev–Trinajstić information content (AvgIpc) is 3.26. The number of fused-ring (bicyclic) bond motifs is 2. The molecule has 0 unspecified atom stereocenters. The number of rotatable bonds is 5. The first-order chi connectivity index (χ1) is 16.6. The molecular formula is C27H30FN5O. The fourth-order valence-electron chi connectivity index (χ4n) is 4.95. The van der Waals surface area contributed by atoms with Gasteiger partial charge in [0.1, 0.15) is 6.67 Å². The Morgan fingerprint density at radius 1 is 1.18 bits per heavy atom. The van der Waals surface area contributed by atoms with Crippen molar-refractivity contribution < 1.29 is 9.18 Å². The monoisotopic (exact) mass is 459 g/mol. The van der Waals surface area contributed by atoms with E-state index in [1.165, 1.54) is 0 Å². The molecule has 0 aliphatic carbocycles. The predicted molar refractivity (Wildman–Crippen MR) is 132 cm³/mol. The number of hydrogen-bond donors (Lipinski definition) is 0. The summed E-state index contributed by atoms with van der Waals surface area (Å²) in [5, 5.41) is 4.73. The number of carbonyl (C=O) groups excluding carboxylic acids is 1. The Labute approximate surface area is 199 Å². The van der Waals surface area contributed by atoms with Crippen molar-refractivity contribution >= 4 is 17.0 Å². The molecule has 0 bridgehead atoms. The van der Waals surface area contributed by atoms with Crippen LogP contribution in [0.15, 0.2) is 66.2 Å². The maximum atomic E-state index is 13.3. The molecule has 0 aromatic carbocycles. The molecule has 176 valence electrons. The summed E-state index contributed by atoms with van der Waals surface area (Å²) in [6, 6.07) is 2.00. The number of aryl methyl sites for hydroxylation is 2. The van der Waals surface area contributed by atoms with Crippen LogP contribution in [-0.2, 0) is 11.2 Å². The van der Waals surface area contributed by atoms with E-state index in [1.54, 1.807) is 11.0 Å². The van der Waals surface area contributed by atoms with E-state index in [1.807, 2.05) is 54.2 Å². The maximum Gasteiger partial charge on any atom is 0.255 e. The Hall–Kier alpha value is -3.32. The van der Waals surface area contributed by atoms with E-state index in [0.717, 1.165) is 71.8 Å². The Kier molecular flexibility index (Phi) is 6.28. The van der Waals surface area contributed by atoms with Gasteiger partial charge in [0, 0.05) is 30.1 Å². The second-order valence-electron chi connectivity index (χ2n) is 9.07. The van der Waals surface area contributed by atoms with E-state index in [2.05, 4.69) is 22.9 Å². The van der Waals surface area contributed by atoms with Gasteiger partial charge >= 0.3 is 0 Å². The number of alkyl halides is 1. The van der Waals surface area contributed by atoms with Crippen LogP contribution in [-0.4, -0.2) is 56.6 Å². The Morgan fingerprint density at radius 3 is 2.76 bits per heavy atom. The van der Waals surface area contributed by atoms with Crippen molar-refractivity contribution in [3.63, 3.8) is 0 Å². The van der Waals surface area contributed by atoms with E-state index >= 15 is 0 Å². The molecule has 5 rings (SSSR count). The van der Waals surface area contributed by atoms with E-state index in [9.17, 15) is 9.18 Å². The number of likely N-dealkylation sites (tertiary alicyclic amines) is 1. The van der Waals surface area contributed by atoms with Crippen molar-refractivity contribution in [2.45, 2.75) is 33.1 Å². The summed E-state index contributed by atoms with van der Waals surface area (Å²) in [7, 11) is 0. The molecule has 1 saturated heterocycles. The van der Waals surface area contributed by atoms with Gasteiger partial charge in [-0.1, -0.05) is 25.2 Å². The summed E-state index contributed by atoms with van der Waals surface area (Å²) in [6.45, 7) is 6.04. The quantitative estimate of drug-likeness (QED) is 0.665. The van der Waals surface area contributed by atoms with Crippen LogP contribution < -0.4 is 0 Å². The zero-order valence-corrected chi connectivity index (χ0v) is 19.7. The molecule has 3 aliphatic heterocycles. The summed E-state index contributed by atoms with van der Waals surface area (Å²) in [5.41, 5.74) is 6.40. The first-order valence-electron chi connectivity index (χ1n) is 12.0. The lowest BCUT2D eigenvalue weighted by Crippen LogP contribution is -2.36. The van der Waals surface area contributed by atoms with Gasteiger partial charge in [-0.2, -0.15) is 5.10 Å². The first-order valence-corrected chi connectivity index (χ1v) is 12.0. The third-order valence-corrected chi connectivity index (χ3v) is 6.80. The van der Waals surface area contributed by atoms with E-state index in [4.69, 9.17) is 5.10 Å². The molecule has 3 aliphatic rings. The van der Waals surface area contributed by atoms with Gasteiger partial charge in [-0.05, 0) is 69.0 Å². The molecule has 2 aromatic heterocycles. The summed E-state index contributed by atoms with van der Waals surface area (Å²) in [4.78, 5) is 21.9. The number of piperidine rings is 1. The van der Waals surface area contributed by atoms with Gasteiger partial charge in [0.25, 0.3) is 5.91 Å². The average molecular weight is 460 g/mol. The maximum absolute atomic E-state index is 13.3. The first kappa shape index (κ1) is 22.5. The highest BCUT2D eigenvalue weighted by atomic mass is 19.1. The molecule has 0 spiro atoms. The summed E-state index contributed by atoms with van der Waals surface area (Å²) < 4.78 is 14.5. The smallest absolute Gasteiger partial charge is 0.255 e. The molecule has 0 atom stereocenters. The molecular weight excluding hydrogens is 429 g/mol. The van der Waals surface area contributed by atoms with Crippen molar-refractivity contribution in [3.8, 4) is 0 Å². The lowest BCUT2D eigenvalue weighted by atomic mass is 9.88. The minimum absolute atomic E-state index is 0.0932. The van der Waals surface area contributed by atoms with Gasteiger partial charge < -0.3 is 4.90 Å². The van der Waals surface area contributed by atoms with Crippen molar-refractivity contribution in [2.75, 3.05) is 26.3 Å². The molecule has 34 heavy (non-hydrogen) atoms. The number of amides is 1.